The van der Waals surface area contributed by atoms with E-state index in [4.69, 9.17) is 4.74 Å². The largest absolute Gasteiger partial charge is 0.481 e. The van der Waals surface area contributed by atoms with Crippen LogP contribution < -0.4 is 10.1 Å². The van der Waals surface area contributed by atoms with E-state index in [1.807, 2.05) is 96.6 Å². The number of carbonyl (C=O) groups excluding carboxylic acids is 2. The molecule has 1 heterocycles. The fourth-order valence-electron chi connectivity index (χ4n) is 5.71. The van der Waals surface area contributed by atoms with Crippen LogP contribution in [0.4, 0.5) is 5.69 Å². The Balaban J connectivity index is 1.42. The molecule has 0 saturated carbocycles. The summed E-state index contributed by atoms with van der Waals surface area (Å²) in [5, 5.41) is 13.3. The number of nitrogens with zero attached hydrogens (tertiary/aromatic N) is 1. The Labute approximate surface area is 269 Å². The molecule has 0 fully saturated rings. The molecular weight excluding hydrogens is 576 g/mol. The molecule has 0 aliphatic heterocycles. The van der Waals surface area contributed by atoms with Gasteiger partial charge < -0.3 is 19.7 Å². The fourth-order valence-corrected chi connectivity index (χ4v) is 5.71. The van der Waals surface area contributed by atoms with Crippen LogP contribution in [0.3, 0.4) is 0 Å². The van der Waals surface area contributed by atoms with Crippen molar-refractivity contribution in [1.29, 1.82) is 0 Å². The highest BCUT2D eigenvalue weighted by atomic mass is 16.5. The Morgan fingerprint density at radius 3 is 2.28 bits per heavy atom. The Kier molecular flexibility index (Phi) is 10.3. The topological polar surface area (TPSA) is 97.6 Å². The maximum absolute atomic E-state index is 13.9. The predicted molar refractivity (Wildman–Crippen MR) is 181 cm³/mol. The average molecular weight is 617 g/mol. The Bertz CT molecular complexity index is 1810. The highest BCUT2D eigenvalue weighted by Gasteiger charge is 2.25. The summed E-state index contributed by atoms with van der Waals surface area (Å²) in [6.45, 7) is 6.69. The molecule has 0 aliphatic carbocycles. The van der Waals surface area contributed by atoms with E-state index >= 15 is 0 Å². The first-order valence-electron chi connectivity index (χ1n) is 15.8. The van der Waals surface area contributed by atoms with Crippen LogP contribution in [0.2, 0.25) is 0 Å². The quantitative estimate of drug-likeness (QED) is 0.122. The van der Waals surface area contributed by atoms with Crippen LogP contribution in [0.1, 0.15) is 66.8 Å². The number of rotatable bonds is 14. The molecular formula is C39H40N2O5. The summed E-state index contributed by atoms with van der Waals surface area (Å²) < 4.78 is 8.31. The summed E-state index contributed by atoms with van der Waals surface area (Å²) in [6.07, 6.45) is 2.79. The van der Waals surface area contributed by atoms with Gasteiger partial charge in [-0.3, -0.25) is 14.4 Å². The van der Waals surface area contributed by atoms with Crippen LogP contribution >= 0.6 is 0 Å². The van der Waals surface area contributed by atoms with E-state index in [-0.39, 0.29) is 11.7 Å². The number of benzene rings is 4. The van der Waals surface area contributed by atoms with E-state index in [1.54, 1.807) is 24.3 Å². The lowest BCUT2D eigenvalue weighted by Crippen LogP contribution is -2.25. The minimum absolute atomic E-state index is 0.186. The molecule has 5 aromatic rings. The zero-order chi connectivity index (χ0) is 32.6. The Hall–Kier alpha value is -5.17. The third-order valence-corrected chi connectivity index (χ3v) is 8.15. The number of ketones is 1. The van der Waals surface area contributed by atoms with Crippen LogP contribution in [0.15, 0.2) is 109 Å². The molecule has 0 spiro atoms. The van der Waals surface area contributed by atoms with Gasteiger partial charge in [0.05, 0.1) is 5.92 Å². The van der Waals surface area contributed by atoms with E-state index in [2.05, 4.69) is 19.2 Å². The van der Waals surface area contributed by atoms with Crippen LogP contribution in [0.5, 0.6) is 5.75 Å². The van der Waals surface area contributed by atoms with Gasteiger partial charge in [0.25, 0.3) is 5.91 Å². The lowest BCUT2D eigenvalue weighted by molar-refractivity contribution is -0.142. The predicted octanol–water partition coefficient (Wildman–Crippen LogP) is 8.33. The fraction of sp³-hybridized carbons (Fsp3) is 0.256. The molecule has 46 heavy (non-hydrogen) atoms. The average Bonchev–Trinajstić information content (AvgIpc) is 3.43. The number of ether oxygens (including phenoxy) is 1. The number of carboxylic acid groups (broad SMARTS) is 1. The number of anilines is 1. The zero-order valence-electron chi connectivity index (χ0n) is 26.5. The third kappa shape index (κ3) is 7.72. The summed E-state index contributed by atoms with van der Waals surface area (Å²) in [5.74, 6) is -0.877. The van der Waals surface area contributed by atoms with Crippen molar-refractivity contribution in [2.75, 3.05) is 5.32 Å². The first-order chi connectivity index (χ1) is 22.2. The molecule has 1 aromatic heterocycles. The molecule has 4 aromatic carbocycles. The van der Waals surface area contributed by atoms with Crippen LogP contribution in [-0.2, 0) is 22.6 Å². The maximum Gasteiger partial charge on any atom is 0.306 e. The normalized spacial score (nSPS) is 12.5. The van der Waals surface area contributed by atoms with Crippen LogP contribution in [-0.4, -0.2) is 27.3 Å². The minimum atomic E-state index is -0.957. The van der Waals surface area contributed by atoms with E-state index in [1.165, 1.54) is 5.56 Å². The van der Waals surface area contributed by atoms with Gasteiger partial charge in [-0.25, -0.2) is 0 Å². The number of hydrogen-bond acceptors (Lipinski definition) is 4. The van der Waals surface area contributed by atoms with Crippen molar-refractivity contribution >= 4 is 34.3 Å². The van der Waals surface area contributed by atoms with Crippen molar-refractivity contribution in [3.05, 3.63) is 132 Å². The van der Waals surface area contributed by atoms with E-state index in [0.717, 1.165) is 17.3 Å². The zero-order valence-corrected chi connectivity index (χ0v) is 26.5. The molecule has 7 nitrogen and oxygen atoms in total. The highest BCUT2D eigenvalue weighted by Crippen LogP contribution is 2.29. The van der Waals surface area contributed by atoms with Gasteiger partial charge in [0.2, 0.25) is 6.10 Å². The van der Waals surface area contributed by atoms with Gasteiger partial charge in [0.15, 0.2) is 5.78 Å². The summed E-state index contributed by atoms with van der Waals surface area (Å²) in [6, 6.07) is 31.7. The highest BCUT2D eigenvalue weighted by molar-refractivity contribution is 6.16. The van der Waals surface area contributed by atoms with Crippen molar-refractivity contribution < 1.29 is 24.2 Å². The standard InChI is InChI=1S/C39H40N2O5/c1-4-28(39(44)45)21-22-41-25-34(33-15-8-9-16-35(33)41)36(42)30-11-10-14-32(24-30)46-37(38(43)40-31-12-6-5-7-13-31)29-19-17-27(18-20-29)23-26(2)3/h5-20,24-26,28,37H,4,21-23H2,1-3H3,(H,40,43)(H,44,45). The number of fused-ring (bicyclic) bond motifs is 1. The molecule has 2 unspecified atom stereocenters. The Morgan fingerprint density at radius 2 is 1.59 bits per heavy atom. The van der Waals surface area contributed by atoms with Crippen LogP contribution in [0.25, 0.3) is 10.9 Å². The molecule has 5 rings (SSSR count). The number of carbonyl (C=O) groups is 3. The van der Waals surface area contributed by atoms with Gasteiger partial charge in [0, 0.05) is 46.0 Å². The number of aliphatic carboxylic acids is 1. The number of hydrogen-bond donors (Lipinski definition) is 2. The number of aryl methyl sites for hydroxylation is 1. The third-order valence-electron chi connectivity index (χ3n) is 8.15. The summed E-state index contributed by atoms with van der Waals surface area (Å²) in [7, 11) is 0. The number of amides is 1. The monoisotopic (exact) mass is 616 g/mol. The van der Waals surface area contributed by atoms with Crippen molar-refractivity contribution in [3.63, 3.8) is 0 Å². The first-order valence-corrected chi connectivity index (χ1v) is 15.8. The minimum Gasteiger partial charge on any atom is -0.481 e. The number of para-hydroxylation sites is 2. The summed E-state index contributed by atoms with van der Waals surface area (Å²) in [5.41, 5.74) is 4.36. The van der Waals surface area contributed by atoms with Gasteiger partial charge in [-0.1, -0.05) is 93.6 Å². The maximum atomic E-state index is 13.9. The molecule has 0 saturated heterocycles. The van der Waals surface area contributed by atoms with E-state index in [0.29, 0.717) is 53.4 Å². The Morgan fingerprint density at radius 1 is 0.870 bits per heavy atom. The van der Waals surface area contributed by atoms with Gasteiger partial charge in [-0.05, 0) is 61.1 Å². The smallest absolute Gasteiger partial charge is 0.306 e. The lowest BCUT2D eigenvalue weighted by Gasteiger charge is -2.20. The van der Waals surface area contributed by atoms with Crippen molar-refractivity contribution in [2.24, 2.45) is 11.8 Å². The van der Waals surface area contributed by atoms with Gasteiger partial charge >= 0.3 is 5.97 Å². The molecule has 0 bridgehead atoms. The van der Waals surface area contributed by atoms with Crippen LogP contribution in [0, 0.1) is 11.8 Å². The molecule has 2 N–H and O–H groups in total. The van der Waals surface area contributed by atoms with Crippen molar-refractivity contribution in [2.45, 2.75) is 52.7 Å². The molecule has 236 valence electrons. The van der Waals surface area contributed by atoms with Gasteiger partial charge in [0.1, 0.15) is 5.75 Å². The SMILES string of the molecule is CCC(CCn1cc(C(=O)c2cccc(OC(C(=O)Nc3ccccc3)c3ccc(CC(C)C)cc3)c2)c2ccccc21)C(=O)O. The van der Waals surface area contributed by atoms with Gasteiger partial charge in [-0.15, -0.1) is 0 Å². The van der Waals surface area contributed by atoms with Crippen molar-refractivity contribution in [3.8, 4) is 5.75 Å². The first kappa shape index (κ1) is 32.2. The molecule has 7 heteroatoms. The molecule has 1 amide bonds. The number of carboxylic acids is 1. The second kappa shape index (κ2) is 14.7. The van der Waals surface area contributed by atoms with E-state index in [9.17, 15) is 19.5 Å². The molecule has 2 atom stereocenters. The number of nitrogens with one attached hydrogen (secondary N) is 1. The second-order valence-corrected chi connectivity index (χ2v) is 12.0. The molecule has 0 aliphatic rings. The number of aromatic nitrogens is 1. The second-order valence-electron chi connectivity index (χ2n) is 12.0. The van der Waals surface area contributed by atoms with Crippen molar-refractivity contribution in [1.82, 2.24) is 4.57 Å². The summed E-state index contributed by atoms with van der Waals surface area (Å²) in [4.78, 5) is 39.1. The lowest BCUT2D eigenvalue weighted by atomic mass is 9.99. The van der Waals surface area contributed by atoms with E-state index < -0.39 is 18.0 Å². The molecule has 0 radical (unpaired) electrons. The summed E-state index contributed by atoms with van der Waals surface area (Å²) >= 11 is 0. The van der Waals surface area contributed by atoms with Gasteiger partial charge in [-0.2, -0.15) is 0 Å².